The Bertz CT molecular complexity index is 1080. The van der Waals surface area contributed by atoms with Gasteiger partial charge in [0.2, 0.25) is 0 Å². The van der Waals surface area contributed by atoms with Crippen LogP contribution in [0.15, 0.2) is 24.3 Å². The summed E-state index contributed by atoms with van der Waals surface area (Å²) in [5.74, 6) is -1.21. The molecule has 0 saturated carbocycles. The Balaban J connectivity index is 2.53. The third kappa shape index (κ3) is 38.0. The molecule has 0 aromatic heterocycles. The number of carbonyl (C=O) groups excluding carboxylic acids is 3. The lowest BCUT2D eigenvalue weighted by Crippen LogP contribution is -2.44. The summed E-state index contributed by atoms with van der Waals surface area (Å²) in [6.45, 7) is 12.9. The van der Waals surface area contributed by atoms with Crippen molar-refractivity contribution in [3.63, 3.8) is 0 Å². The monoisotopic (exact) mass is 879 g/mol. The zero-order valence-corrected chi connectivity index (χ0v) is 40.4. The van der Waals surface area contributed by atoms with Crippen molar-refractivity contribution < 1.29 is 42.8 Å². The van der Waals surface area contributed by atoms with Crippen LogP contribution in [0.25, 0.3) is 0 Å². The van der Waals surface area contributed by atoms with Crippen LogP contribution >= 0.6 is 0 Å². The van der Waals surface area contributed by atoms with Crippen molar-refractivity contribution in [2.24, 2.45) is 5.92 Å². The Kier molecular flexibility index (Phi) is 40.6. The van der Waals surface area contributed by atoms with Gasteiger partial charge in [0, 0.05) is 58.8 Å². The predicted molar refractivity (Wildman–Crippen MR) is 252 cm³/mol. The zero-order valence-electron chi connectivity index (χ0n) is 40.4. The number of piperazine rings is 1. The van der Waals surface area contributed by atoms with Crippen molar-refractivity contribution in [2.45, 2.75) is 200 Å². The standard InChI is InChI=1S/C51H94N2O9/c1-5-8-11-14-17-18-19-20-21-22-23-24-25-26-29-33-48(54)60-44-47(46-62-51(56)59-43-32-36-53-39-37-52(4)38-40-53)45-61-49(55)34-35-50(57-41-30-27-15-12-9-6-2)58-42-31-28-16-13-10-7-3/h17-18,20-21,47,50H,5-16,19,22-46H2,1-4H3. The van der Waals surface area contributed by atoms with Gasteiger partial charge in [-0.3, -0.25) is 9.59 Å². The highest BCUT2D eigenvalue weighted by atomic mass is 16.7. The van der Waals surface area contributed by atoms with E-state index in [-0.39, 0.29) is 38.8 Å². The molecule has 1 aliphatic rings. The van der Waals surface area contributed by atoms with Crippen molar-refractivity contribution in [2.75, 3.05) is 79.4 Å². The van der Waals surface area contributed by atoms with Crippen LogP contribution in [0.1, 0.15) is 194 Å². The fourth-order valence-corrected chi connectivity index (χ4v) is 7.18. The summed E-state index contributed by atoms with van der Waals surface area (Å²) >= 11 is 0. The molecule has 1 unspecified atom stereocenters. The van der Waals surface area contributed by atoms with Gasteiger partial charge in [-0.15, -0.1) is 0 Å². The Morgan fingerprint density at radius 1 is 0.500 bits per heavy atom. The number of ether oxygens (including phenoxy) is 6. The van der Waals surface area contributed by atoms with Crippen LogP contribution in [0.5, 0.6) is 0 Å². The van der Waals surface area contributed by atoms with Gasteiger partial charge in [0.1, 0.15) is 19.8 Å². The van der Waals surface area contributed by atoms with Crippen molar-refractivity contribution in [3.8, 4) is 0 Å². The topological polar surface area (TPSA) is 113 Å². The first-order valence-electron chi connectivity index (χ1n) is 25.4. The number of unbranched alkanes of at least 4 members (excludes halogenated alkanes) is 18. The number of hydrogen-bond donors (Lipinski definition) is 0. The van der Waals surface area contributed by atoms with Crippen LogP contribution in [0.4, 0.5) is 4.79 Å². The summed E-state index contributed by atoms with van der Waals surface area (Å²) in [6.07, 6.45) is 35.7. The molecule has 0 amide bonds. The molecule has 62 heavy (non-hydrogen) atoms. The van der Waals surface area contributed by atoms with Crippen LogP contribution in [0.2, 0.25) is 0 Å². The van der Waals surface area contributed by atoms with Crippen LogP contribution < -0.4 is 0 Å². The highest BCUT2D eigenvalue weighted by Crippen LogP contribution is 2.14. The summed E-state index contributed by atoms with van der Waals surface area (Å²) in [7, 11) is 2.13. The van der Waals surface area contributed by atoms with Gasteiger partial charge in [-0.05, 0) is 64.8 Å². The molecule has 0 radical (unpaired) electrons. The molecule has 11 heteroatoms. The molecular weight excluding hydrogens is 785 g/mol. The molecule has 0 bridgehead atoms. The van der Waals surface area contributed by atoms with E-state index in [2.05, 4.69) is 61.9 Å². The van der Waals surface area contributed by atoms with Crippen LogP contribution in [-0.2, 0) is 38.0 Å². The van der Waals surface area contributed by atoms with Crippen molar-refractivity contribution in [1.82, 2.24) is 9.80 Å². The number of hydrogen-bond acceptors (Lipinski definition) is 11. The van der Waals surface area contributed by atoms with Crippen LogP contribution in [0, 0.1) is 5.92 Å². The van der Waals surface area contributed by atoms with Crippen molar-refractivity contribution >= 4 is 18.1 Å². The lowest BCUT2D eigenvalue weighted by molar-refractivity contribution is -0.161. The van der Waals surface area contributed by atoms with Crippen LogP contribution in [0.3, 0.4) is 0 Å². The maximum atomic E-state index is 13.0. The minimum Gasteiger partial charge on any atom is -0.465 e. The average molecular weight is 879 g/mol. The molecular formula is C51H94N2O9. The summed E-state index contributed by atoms with van der Waals surface area (Å²) in [5, 5.41) is 0. The van der Waals surface area contributed by atoms with Gasteiger partial charge < -0.3 is 38.2 Å². The van der Waals surface area contributed by atoms with Gasteiger partial charge in [-0.1, -0.05) is 141 Å². The number of esters is 2. The van der Waals surface area contributed by atoms with Gasteiger partial charge >= 0.3 is 18.1 Å². The number of rotatable bonds is 43. The first-order chi connectivity index (χ1) is 30.4. The lowest BCUT2D eigenvalue weighted by Gasteiger charge is -2.32. The maximum Gasteiger partial charge on any atom is 0.508 e. The quantitative estimate of drug-likeness (QED) is 0.0192. The largest absolute Gasteiger partial charge is 0.508 e. The molecule has 0 spiro atoms. The fourth-order valence-electron chi connectivity index (χ4n) is 7.18. The van der Waals surface area contributed by atoms with Crippen LogP contribution in [-0.4, -0.2) is 114 Å². The van der Waals surface area contributed by atoms with Gasteiger partial charge in [0.05, 0.1) is 18.9 Å². The minimum absolute atomic E-state index is 0.0194. The Labute approximate surface area is 379 Å². The Morgan fingerprint density at radius 3 is 1.58 bits per heavy atom. The van der Waals surface area contributed by atoms with E-state index in [1.807, 2.05) is 0 Å². The van der Waals surface area contributed by atoms with E-state index in [0.717, 1.165) is 110 Å². The number of likely N-dealkylation sites (N-methyl/N-ethyl adjacent to an activating group) is 1. The van der Waals surface area contributed by atoms with Crippen molar-refractivity contribution in [3.05, 3.63) is 24.3 Å². The molecule has 0 aromatic rings. The lowest BCUT2D eigenvalue weighted by atomic mass is 10.1. The average Bonchev–Trinajstić information content (AvgIpc) is 3.27. The Morgan fingerprint density at radius 2 is 0.984 bits per heavy atom. The summed E-state index contributed by atoms with van der Waals surface area (Å²) < 4.78 is 34.2. The predicted octanol–water partition coefficient (Wildman–Crippen LogP) is 12.2. The van der Waals surface area contributed by atoms with E-state index >= 15 is 0 Å². The molecule has 1 fully saturated rings. The molecule has 0 N–H and O–H groups in total. The van der Waals surface area contributed by atoms with E-state index in [1.54, 1.807) is 0 Å². The van der Waals surface area contributed by atoms with E-state index in [1.165, 1.54) is 77.0 Å². The van der Waals surface area contributed by atoms with E-state index in [9.17, 15) is 14.4 Å². The molecule has 1 rings (SSSR count). The third-order valence-electron chi connectivity index (χ3n) is 11.4. The number of carbonyl (C=O) groups is 3. The van der Waals surface area contributed by atoms with Gasteiger partial charge in [-0.25, -0.2) is 4.79 Å². The number of allylic oxidation sites excluding steroid dienone is 4. The molecule has 1 atom stereocenters. The minimum atomic E-state index is -0.774. The second-order valence-corrected chi connectivity index (χ2v) is 17.4. The molecule has 1 aliphatic heterocycles. The summed E-state index contributed by atoms with van der Waals surface area (Å²) in [4.78, 5) is 42.9. The summed E-state index contributed by atoms with van der Waals surface area (Å²) in [5.41, 5.74) is 0. The first-order valence-corrected chi connectivity index (χ1v) is 25.4. The molecule has 0 aliphatic carbocycles. The molecule has 362 valence electrons. The highest BCUT2D eigenvalue weighted by Gasteiger charge is 2.20. The molecule has 1 heterocycles. The SMILES string of the molecule is CCCCCC=CCC=CCCCCCCCC(=O)OCC(COC(=O)CCC(OCCCCCCCC)OCCCCCCCC)COC(=O)OCCCN1CCN(C)CC1. The molecule has 11 nitrogen and oxygen atoms in total. The van der Waals surface area contributed by atoms with E-state index < -0.39 is 24.3 Å². The summed E-state index contributed by atoms with van der Waals surface area (Å²) in [6, 6.07) is 0. The highest BCUT2D eigenvalue weighted by molar-refractivity contribution is 5.69. The fraction of sp³-hybridized carbons (Fsp3) is 0.863. The van der Waals surface area contributed by atoms with Gasteiger partial charge in [0.15, 0.2) is 6.29 Å². The first kappa shape index (κ1) is 57.5. The van der Waals surface area contributed by atoms with E-state index in [0.29, 0.717) is 26.1 Å². The normalized spacial score (nSPS) is 14.3. The van der Waals surface area contributed by atoms with Gasteiger partial charge in [-0.2, -0.15) is 0 Å². The van der Waals surface area contributed by atoms with Crippen molar-refractivity contribution in [1.29, 1.82) is 0 Å². The molecule has 0 aromatic carbocycles. The third-order valence-corrected chi connectivity index (χ3v) is 11.4. The Hall–Kier alpha value is -2.47. The second-order valence-electron chi connectivity index (χ2n) is 17.4. The smallest absolute Gasteiger partial charge is 0.465 e. The zero-order chi connectivity index (χ0) is 45.0. The van der Waals surface area contributed by atoms with Gasteiger partial charge in [0.25, 0.3) is 0 Å². The number of nitrogens with zero attached hydrogens (tertiary/aromatic N) is 2. The van der Waals surface area contributed by atoms with E-state index in [4.69, 9.17) is 28.4 Å². The maximum absolute atomic E-state index is 13.0. The molecule has 1 saturated heterocycles. The second kappa shape index (κ2) is 43.8.